The molecular formula is C22H30FN5O4. The molecule has 0 saturated carbocycles. The van der Waals surface area contributed by atoms with Gasteiger partial charge in [-0.15, -0.1) is 0 Å². The van der Waals surface area contributed by atoms with Crippen LogP contribution in [0.3, 0.4) is 0 Å². The third kappa shape index (κ3) is 5.94. The Morgan fingerprint density at radius 1 is 1.19 bits per heavy atom. The van der Waals surface area contributed by atoms with Gasteiger partial charge in [0.25, 0.3) is 11.8 Å². The van der Waals surface area contributed by atoms with Gasteiger partial charge in [-0.25, -0.2) is 4.39 Å². The van der Waals surface area contributed by atoms with Crippen LogP contribution in [0.15, 0.2) is 18.2 Å². The maximum atomic E-state index is 13.4. The van der Waals surface area contributed by atoms with Crippen LogP contribution in [0.2, 0.25) is 0 Å². The van der Waals surface area contributed by atoms with Gasteiger partial charge >= 0.3 is 0 Å². The van der Waals surface area contributed by atoms with Crippen LogP contribution in [0.25, 0.3) is 0 Å². The highest BCUT2D eigenvalue weighted by Gasteiger charge is 2.34. The Labute approximate surface area is 186 Å². The van der Waals surface area contributed by atoms with Crippen LogP contribution in [0.5, 0.6) is 0 Å². The summed E-state index contributed by atoms with van der Waals surface area (Å²) in [4.78, 5) is 28.2. The molecule has 0 radical (unpaired) electrons. The molecule has 10 heteroatoms. The van der Waals surface area contributed by atoms with Gasteiger partial charge in [0.15, 0.2) is 12.2 Å². The highest BCUT2D eigenvalue weighted by molar-refractivity contribution is 5.90. The SMILES string of the molecule is N#Cc1cc(F)ccc1N1CCC(CNC(=O)C(O)C(O)C(=O)N2CCCNCC2)CC1. The topological polar surface area (TPSA) is 129 Å². The standard InChI is InChI=1S/C22H30FN5O4/c23-17-2-3-18(16(12-17)13-24)27-9-4-15(5-10-27)14-26-21(31)19(29)20(30)22(32)28-8-1-6-25-7-11-28/h2-3,12,15,19-20,25,29-30H,1,4-11,14H2,(H,26,31). The van der Waals surface area contributed by atoms with E-state index >= 15 is 0 Å². The van der Waals surface area contributed by atoms with Crippen LogP contribution in [0, 0.1) is 23.1 Å². The fraction of sp³-hybridized carbons (Fsp3) is 0.591. The Balaban J connectivity index is 1.45. The molecule has 3 rings (SSSR count). The van der Waals surface area contributed by atoms with Crippen LogP contribution >= 0.6 is 0 Å². The first-order valence-electron chi connectivity index (χ1n) is 11.0. The highest BCUT2D eigenvalue weighted by atomic mass is 19.1. The summed E-state index contributed by atoms with van der Waals surface area (Å²) in [6.45, 7) is 3.88. The maximum absolute atomic E-state index is 13.4. The third-order valence-corrected chi connectivity index (χ3v) is 6.07. The van der Waals surface area contributed by atoms with Crippen molar-refractivity contribution < 1.29 is 24.2 Å². The van der Waals surface area contributed by atoms with E-state index in [9.17, 15) is 29.5 Å². The minimum absolute atomic E-state index is 0.151. The average molecular weight is 448 g/mol. The molecule has 2 saturated heterocycles. The van der Waals surface area contributed by atoms with E-state index in [0.29, 0.717) is 50.5 Å². The quantitative estimate of drug-likeness (QED) is 0.466. The predicted molar refractivity (Wildman–Crippen MR) is 115 cm³/mol. The van der Waals surface area contributed by atoms with Crippen LogP contribution in [-0.2, 0) is 9.59 Å². The molecule has 2 heterocycles. The lowest BCUT2D eigenvalue weighted by molar-refractivity contribution is -0.153. The number of anilines is 1. The zero-order valence-corrected chi connectivity index (χ0v) is 18.0. The van der Waals surface area contributed by atoms with Crippen molar-refractivity contribution in [2.24, 2.45) is 5.92 Å². The van der Waals surface area contributed by atoms with Gasteiger partial charge in [-0.2, -0.15) is 5.26 Å². The minimum atomic E-state index is -1.82. The Bertz CT molecular complexity index is 845. The summed E-state index contributed by atoms with van der Waals surface area (Å²) < 4.78 is 13.4. The third-order valence-electron chi connectivity index (χ3n) is 6.07. The molecule has 2 amide bonds. The zero-order chi connectivity index (χ0) is 23.1. The molecule has 9 nitrogen and oxygen atoms in total. The second-order valence-electron chi connectivity index (χ2n) is 8.27. The van der Waals surface area contributed by atoms with Crippen LogP contribution in [0.4, 0.5) is 10.1 Å². The molecule has 2 unspecified atom stereocenters. The summed E-state index contributed by atoms with van der Waals surface area (Å²) in [5.74, 6) is -1.71. The molecule has 2 aliphatic rings. The van der Waals surface area contributed by atoms with E-state index in [-0.39, 0.29) is 5.92 Å². The van der Waals surface area contributed by atoms with Gasteiger partial charge in [-0.3, -0.25) is 9.59 Å². The van der Waals surface area contributed by atoms with E-state index in [0.717, 1.165) is 25.8 Å². The molecule has 0 bridgehead atoms. The van der Waals surface area contributed by atoms with Gasteiger partial charge in [-0.05, 0) is 49.9 Å². The van der Waals surface area contributed by atoms with E-state index in [1.54, 1.807) is 6.07 Å². The molecule has 4 N–H and O–H groups in total. The van der Waals surface area contributed by atoms with Crippen molar-refractivity contribution in [2.45, 2.75) is 31.5 Å². The first-order valence-corrected chi connectivity index (χ1v) is 11.0. The van der Waals surface area contributed by atoms with E-state index < -0.39 is 29.8 Å². The second-order valence-corrected chi connectivity index (χ2v) is 8.27. The van der Waals surface area contributed by atoms with Gasteiger partial charge in [-0.1, -0.05) is 0 Å². The van der Waals surface area contributed by atoms with E-state index in [1.165, 1.54) is 17.0 Å². The van der Waals surface area contributed by atoms with Gasteiger partial charge in [0.05, 0.1) is 11.3 Å². The number of amides is 2. The van der Waals surface area contributed by atoms with Gasteiger partial charge in [0.1, 0.15) is 11.9 Å². The molecule has 1 aromatic rings. The number of hydrogen-bond donors (Lipinski definition) is 4. The fourth-order valence-electron chi connectivity index (χ4n) is 4.13. The monoisotopic (exact) mass is 447 g/mol. The lowest BCUT2D eigenvalue weighted by atomic mass is 9.95. The number of aliphatic hydroxyl groups is 2. The molecule has 32 heavy (non-hydrogen) atoms. The second kappa shape index (κ2) is 11.2. The molecule has 2 fully saturated rings. The summed E-state index contributed by atoms with van der Waals surface area (Å²) in [6, 6.07) is 6.17. The maximum Gasteiger partial charge on any atom is 0.254 e. The number of aliphatic hydroxyl groups excluding tert-OH is 2. The molecular weight excluding hydrogens is 417 g/mol. The lowest BCUT2D eigenvalue weighted by Crippen LogP contribution is -2.52. The predicted octanol–water partition coefficient (Wildman–Crippen LogP) is -0.426. The summed E-state index contributed by atoms with van der Waals surface area (Å²) in [6.07, 6.45) is -1.40. The normalized spacial score (nSPS) is 19.6. The Kier molecular flexibility index (Phi) is 8.39. The van der Waals surface area contributed by atoms with Crippen LogP contribution in [0.1, 0.15) is 24.8 Å². The number of nitriles is 1. The Morgan fingerprint density at radius 2 is 1.94 bits per heavy atom. The number of benzene rings is 1. The molecule has 2 atom stereocenters. The first kappa shape index (κ1) is 23.9. The highest BCUT2D eigenvalue weighted by Crippen LogP contribution is 2.26. The molecule has 2 aliphatic heterocycles. The number of carbonyl (C=O) groups is 2. The van der Waals surface area contributed by atoms with Crippen molar-refractivity contribution in [3.05, 3.63) is 29.6 Å². The summed E-state index contributed by atoms with van der Waals surface area (Å²) >= 11 is 0. The van der Waals surface area contributed by atoms with Gasteiger partial charge < -0.3 is 30.6 Å². The van der Waals surface area contributed by atoms with Gasteiger partial charge in [0, 0.05) is 39.3 Å². The smallest absolute Gasteiger partial charge is 0.254 e. The number of nitrogens with one attached hydrogen (secondary N) is 2. The summed E-state index contributed by atoms with van der Waals surface area (Å²) in [5.41, 5.74) is 0.982. The average Bonchev–Trinajstić information content (AvgIpc) is 3.11. The van der Waals surface area contributed by atoms with Crippen molar-refractivity contribution in [3.63, 3.8) is 0 Å². The Hall–Kier alpha value is -2.74. The molecule has 1 aromatic carbocycles. The van der Waals surface area contributed by atoms with E-state index in [1.807, 2.05) is 11.0 Å². The van der Waals surface area contributed by atoms with Crippen LogP contribution in [-0.4, -0.2) is 84.9 Å². The van der Waals surface area contributed by atoms with Crippen molar-refractivity contribution in [1.29, 1.82) is 5.26 Å². The zero-order valence-electron chi connectivity index (χ0n) is 18.0. The largest absolute Gasteiger partial charge is 0.380 e. The summed E-state index contributed by atoms with van der Waals surface area (Å²) in [7, 11) is 0. The molecule has 0 aliphatic carbocycles. The fourth-order valence-corrected chi connectivity index (χ4v) is 4.13. The van der Waals surface area contributed by atoms with Crippen molar-refractivity contribution >= 4 is 17.5 Å². The Morgan fingerprint density at radius 3 is 2.66 bits per heavy atom. The lowest BCUT2D eigenvalue weighted by Gasteiger charge is -2.34. The molecule has 0 aromatic heterocycles. The first-order chi connectivity index (χ1) is 15.4. The van der Waals surface area contributed by atoms with E-state index in [4.69, 9.17) is 0 Å². The molecule has 0 spiro atoms. The number of halogens is 1. The van der Waals surface area contributed by atoms with E-state index in [2.05, 4.69) is 10.6 Å². The van der Waals surface area contributed by atoms with Gasteiger partial charge in [0.2, 0.25) is 0 Å². The number of hydrogen-bond acceptors (Lipinski definition) is 7. The number of rotatable bonds is 6. The van der Waals surface area contributed by atoms with Crippen LogP contribution < -0.4 is 15.5 Å². The summed E-state index contributed by atoms with van der Waals surface area (Å²) in [5, 5.41) is 35.4. The molecule has 174 valence electrons. The van der Waals surface area contributed by atoms with Crippen molar-refractivity contribution in [1.82, 2.24) is 15.5 Å². The number of carbonyl (C=O) groups excluding carboxylic acids is 2. The van der Waals surface area contributed by atoms with Crippen molar-refractivity contribution in [3.8, 4) is 6.07 Å². The minimum Gasteiger partial charge on any atom is -0.380 e. The number of nitrogens with zero attached hydrogens (tertiary/aromatic N) is 3. The van der Waals surface area contributed by atoms with Crippen molar-refractivity contribution in [2.75, 3.05) is 50.7 Å². The number of piperidine rings is 1.